The molecule has 1 fully saturated rings. The van der Waals surface area contributed by atoms with Crippen molar-refractivity contribution < 1.29 is 9.18 Å². The van der Waals surface area contributed by atoms with E-state index in [4.69, 9.17) is 0 Å². The molecule has 19 heavy (non-hydrogen) atoms. The summed E-state index contributed by atoms with van der Waals surface area (Å²) in [4.78, 5) is 12.1. The van der Waals surface area contributed by atoms with Crippen LogP contribution in [0.15, 0.2) is 18.2 Å². The molecule has 2 N–H and O–H groups in total. The van der Waals surface area contributed by atoms with Crippen LogP contribution in [0.3, 0.4) is 0 Å². The van der Waals surface area contributed by atoms with Crippen LogP contribution in [0.2, 0.25) is 0 Å². The van der Waals surface area contributed by atoms with Crippen LogP contribution < -0.4 is 10.6 Å². The van der Waals surface area contributed by atoms with E-state index in [0.717, 1.165) is 18.5 Å². The maximum atomic E-state index is 13.5. The summed E-state index contributed by atoms with van der Waals surface area (Å²) >= 11 is 0. The van der Waals surface area contributed by atoms with Crippen LogP contribution in [0.5, 0.6) is 0 Å². The van der Waals surface area contributed by atoms with Gasteiger partial charge in [0.1, 0.15) is 5.82 Å². The number of hydrogen-bond donors (Lipinski definition) is 2. The second kappa shape index (κ2) is 5.70. The van der Waals surface area contributed by atoms with Gasteiger partial charge in [-0.15, -0.1) is 0 Å². The third-order valence-corrected chi connectivity index (χ3v) is 3.92. The fourth-order valence-corrected chi connectivity index (χ4v) is 2.50. The highest BCUT2D eigenvalue weighted by Crippen LogP contribution is 2.19. The Morgan fingerprint density at radius 1 is 1.53 bits per heavy atom. The molecule has 4 heteroatoms. The number of amides is 1. The van der Waals surface area contributed by atoms with E-state index in [0.29, 0.717) is 5.56 Å². The van der Waals surface area contributed by atoms with E-state index >= 15 is 0 Å². The summed E-state index contributed by atoms with van der Waals surface area (Å²) < 4.78 is 13.5. The maximum Gasteiger partial charge on any atom is 0.225 e. The molecule has 0 radical (unpaired) electrons. The molecule has 2 rings (SSSR count). The summed E-state index contributed by atoms with van der Waals surface area (Å²) in [5, 5.41) is 6.23. The number of carbonyl (C=O) groups is 1. The van der Waals surface area contributed by atoms with Crippen molar-refractivity contribution in [2.45, 2.75) is 39.3 Å². The minimum atomic E-state index is -0.227. The van der Waals surface area contributed by atoms with E-state index < -0.39 is 0 Å². The number of halogens is 1. The summed E-state index contributed by atoms with van der Waals surface area (Å²) in [6.07, 6.45) is 0.863. The standard InChI is InChI=1S/C15H21FN2O/c1-9-4-5-12(8-14(9)16)10(2)18-15(19)13-6-7-17-11(13)3/h4-5,8,10-11,13,17H,6-7H2,1-3H3,(H,18,19). The van der Waals surface area contributed by atoms with Crippen LogP contribution in [0.25, 0.3) is 0 Å². The highest BCUT2D eigenvalue weighted by molar-refractivity contribution is 5.80. The van der Waals surface area contributed by atoms with Gasteiger partial charge in [-0.3, -0.25) is 4.79 Å². The molecule has 3 nitrogen and oxygen atoms in total. The normalized spacial score (nSPS) is 24.2. The van der Waals surface area contributed by atoms with E-state index in [1.807, 2.05) is 19.9 Å². The van der Waals surface area contributed by atoms with Crippen molar-refractivity contribution in [1.82, 2.24) is 10.6 Å². The predicted octanol–water partition coefficient (Wildman–Crippen LogP) is 2.31. The molecule has 1 saturated heterocycles. The van der Waals surface area contributed by atoms with Crippen molar-refractivity contribution in [3.05, 3.63) is 35.1 Å². The number of nitrogens with one attached hydrogen (secondary N) is 2. The first-order valence-electron chi connectivity index (χ1n) is 6.79. The molecule has 0 aromatic heterocycles. The van der Waals surface area contributed by atoms with Crippen LogP contribution >= 0.6 is 0 Å². The molecule has 0 bridgehead atoms. The number of aryl methyl sites for hydroxylation is 1. The van der Waals surface area contributed by atoms with E-state index in [-0.39, 0.29) is 29.7 Å². The van der Waals surface area contributed by atoms with Crippen molar-refractivity contribution in [2.75, 3.05) is 6.54 Å². The van der Waals surface area contributed by atoms with Crippen molar-refractivity contribution >= 4 is 5.91 Å². The second-order valence-corrected chi connectivity index (χ2v) is 5.38. The summed E-state index contributed by atoms with van der Waals surface area (Å²) in [5.74, 6) is -0.168. The zero-order valence-corrected chi connectivity index (χ0v) is 11.7. The third-order valence-electron chi connectivity index (χ3n) is 3.92. The van der Waals surface area contributed by atoms with Crippen molar-refractivity contribution in [2.24, 2.45) is 5.92 Å². The lowest BCUT2D eigenvalue weighted by atomic mass is 9.99. The molecule has 1 aliphatic rings. The third kappa shape index (κ3) is 3.13. The monoisotopic (exact) mass is 264 g/mol. The van der Waals surface area contributed by atoms with Crippen LogP contribution in [0, 0.1) is 18.7 Å². The fourth-order valence-electron chi connectivity index (χ4n) is 2.50. The average molecular weight is 264 g/mol. The lowest BCUT2D eigenvalue weighted by molar-refractivity contribution is -0.125. The van der Waals surface area contributed by atoms with Gasteiger partial charge in [0, 0.05) is 6.04 Å². The Balaban J connectivity index is 2.02. The van der Waals surface area contributed by atoms with Gasteiger partial charge in [0.15, 0.2) is 0 Å². The lowest BCUT2D eigenvalue weighted by Gasteiger charge is -2.20. The first kappa shape index (κ1) is 14.0. The van der Waals surface area contributed by atoms with E-state index in [1.54, 1.807) is 13.0 Å². The molecule has 3 unspecified atom stereocenters. The van der Waals surface area contributed by atoms with Crippen molar-refractivity contribution in [3.8, 4) is 0 Å². The summed E-state index contributed by atoms with van der Waals surface area (Å²) in [7, 11) is 0. The Morgan fingerprint density at radius 3 is 2.84 bits per heavy atom. The van der Waals surface area contributed by atoms with Crippen LogP contribution in [0.1, 0.15) is 37.4 Å². The highest BCUT2D eigenvalue weighted by atomic mass is 19.1. The SMILES string of the molecule is Cc1ccc(C(C)NC(=O)C2CCNC2C)cc1F. The number of hydrogen-bond acceptors (Lipinski definition) is 2. The van der Waals surface area contributed by atoms with E-state index in [9.17, 15) is 9.18 Å². The average Bonchev–Trinajstić information content (AvgIpc) is 2.79. The van der Waals surface area contributed by atoms with E-state index in [1.165, 1.54) is 6.07 Å². The minimum absolute atomic E-state index is 0.0118. The molecule has 0 aliphatic carbocycles. The fraction of sp³-hybridized carbons (Fsp3) is 0.533. The molecule has 1 aromatic rings. The van der Waals surface area contributed by atoms with Crippen molar-refractivity contribution in [1.29, 1.82) is 0 Å². The van der Waals surface area contributed by atoms with Gasteiger partial charge in [0.25, 0.3) is 0 Å². The van der Waals surface area contributed by atoms with Gasteiger partial charge in [-0.05, 0) is 50.9 Å². The zero-order chi connectivity index (χ0) is 14.0. The Morgan fingerprint density at radius 2 is 2.26 bits per heavy atom. The van der Waals surface area contributed by atoms with Crippen molar-refractivity contribution in [3.63, 3.8) is 0 Å². The topological polar surface area (TPSA) is 41.1 Å². The molecular weight excluding hydrogens is 243 g/mol. The largest absolute Gasteiger partial charge is 0.349 e. The summed E-state index contributed by atoms with van der Waals surface area (Å²) in [5.41, 5.74) is 1.42. The maximum absolute atomic E-state index is 13.5. The van der Waals surface area contributed by atoms with Gasteiger partial charge >= 0.3 is 0 Å². The number of rotatable bonds is 3. The van der Waals surface area contributed by atoms with Gasteiger partial charge in [-0.25, -0.2) is 4.39 Å². The molecule has 1 aromatic carbocycles. The quantitative estimate of drug-likeness (QED) is 0.879. The zero-order valence-electron chi connectivity index (χ0n) is 11.7. The smallest absolute Gasteiger partial charge is 0.225 e. The predicted molar refractivity (Wildman–Crippen MR) is 73.3 cm³/mol. The van der Waals surface area contributed by atoms with Gasteiger partial charge in [0.05, 0.1) is 12.0 Å². The van der Waals surface area contributed by atoms with Crippen LogP contribution in [-0.4, -0.2) is 18.5 Å². The molecule has 3 atom stereocenters. The van der Waals surface area contributed by atoms with Gasteiger partial charge in [0.2, 0.25) is 5.91 Å². The molecule has 0 spiro atoms. The van der Waals surface area contributed by atoms with Crippen LogP contribution in [0.4, 0.5) is 4.39 Å². The molecule has 1 aliphatic heterocycles. The Labute approximate surface area is 113 Å². The van der Waals surface area contributed by atoms with Crippen LogP contribution in [-0.2, 0) is 4.79 Å². The Hall–Kier alpha value is -1.42. The molecule has 0 saturated carbocycles. The summed E-state index contributed by atoms with van der Waals surface area (Å²) in [6, 6.07) is 5.14. The summed E-state index contributed by atoms with van der Waals surface area (Å²) in [6.45, 7) is 6.52. The Bertz CT molecular complexity index is 475. The first-order chi connectivity index (χ1) is 8.99. The molecule has 1 heterocycles. The molecule has 1 amide bonds. The number of benzene rings is 1. The molecular formula is C15H21FN2O. The minimum Gasteiger partial charge on any atom is -0.349 e. The van der Waals surface area contributed by atoms with Gasteiger partial charge in [-0.2, -0.15) is 0 Å². The Kier molecular flexibility index (Phi) is 4.20. The second-order valence-electron chi connectivity index (χ2n) is 5.38. The number of carbonyl (C=O) groups excluding carboxylic acids is 1. The van der Waals surface area contributed by atoms with Gasteiger partial charge < -0.3 is 10.6 Å². The highest BCUT2D eigenvalue weighted by Gasteiger charge is 2.30. The lowest BCUT2D eigenvalue weighted by Crippen LogP contribution is -2.37. The molecule has 104 valence electrons. The first-order valence-corrected chi connectivity index (χ1v) is 6.79. The van der Waals surface area contributed by atoms with E-state index in [2.05, 4.69) is 10.6 Å². The van der Waals surface area contributed by atoms with Gasteiger partial charge in [-0.1, -0.05) is 12.1 Å².